The number of aromatic nitrogens is 1. The summed E-state index contributed by atoms with van der Waals surface area (Å²) >= 11 is 6.33. The second-order valence-corrected chi connectivity index (χ2v) is 10.9. The van der Waals surface area contributed by atoms with E-state index in [0.717, 1.165) is 33.3 Å². The molecule has 2 atom stereocenters. The van der Waals surface area contributed by atoms with Crippen LogP contribution in [0.5, 0.6) is 5.75 Å². The number of halogens is 1. The number of aryl methyl sites for hydroxylation is 1. The predicted molar refractivity (Wildman–Crippen MR) is 156 cm³/mol. The zero-order valence-electron chi connectivity index (χ0n) is 23.2. The maximum absolute atomic E-state index is 13.2. The second-order valence-electron chi connectivity index (χ2n) is 10.4. The molecule has 1 heterocycles. The Morgan fingerprint density at radius 3 is 2.38 bits per heavy atom. The number of aliphatic carboxylic acids is 1. The highest BCUT2D eigenvalue weighted by Gasteiger charge is 2.18. The summed E-state index contributed by atoms with van der Waals surface area (Å²) in [5, 5.41) is 13.8. The number of fused-ring (bicyclic) bond motifs is 1. The number of ether oxygens (including phenoxy) is 1. The van der Waals surface area contributed by atoms with Crippen molar-refractivity contribution in [3.8, 4) is 5.75 Å². The maximum Gasteiger partial charge on any atom is 0.344 e. The molecule has 4 rings (SSSR count). The fraction of sp³-hybridized carbons (Fsp3) is 0.312. The first-order valence-electron chi connectivity index (χ1n) is 13.1. The van der Waals surface area contributed by atoms with E-state index in [-0.39, 0.29) is 11.9 Å². The Morgan fingerprint density at radius 1 is 0.974 bits per heavy atom. The third kappa shape index (κ3) is 6.28. The number of carbonyl (C=O) groups excluding carboxylic acids is 1. The molecule has 2 N–H and O–H groups in total. The number of hydrogen-bond donors (Lipinski definition) is 2. The number of carboxylic acid groups (broad SMARTS) is 1. The van der Waals surface area contributed by atoms with Gasteiger partial charge in [-0.1, -0.05) is 49.7 Å². The molecule has 7 heteroatoms. The Morgan fingerprint density at radius 2 is 1.69 bits per heavy atom. The first-order chi connectivity index (χ1) is 18.4. The van der Waals surface area contributed by atoms with Crippen LogP contribution in [0.15, 0.2) is 60.7 Å². The van der Waals surface area contributed by atoms with Gasteiger partial charge in [-0.15, -0.1) is 0 Å². The van der Waals surface area contributed by atoms with Crippen LogP contribution in [0.3, 0.4) is 0 Å². The van der Waals surface area contributed by atoms with Gasteiger partial charge in [-0.2, -0.15) is 0 Å². The molecule has 39 heavy (non-hydrogen) atoms. The first-order valence-corrected chi connectivity index (χ1v) is 13.5. The zero-order chi connectivity index (χ0) is 28.4. The van der Waals surface area contributed by atoms with E-state index in [0.29, 0.717) is 28.8 Å². The number of hydrogen-bond acceptors (Lipinski definition) is 3. The van der Waals surface area contributed by atoms with Gasteiger partial charge in [0.05, 0.1) is 6.04 Å². The van der Waals surface area contributed by atoms with Crippen LogP contribution < -0.4 is 10.1 Å². The van der Waals surface area contributed by atoms with Gasteiger partial charge in [0.1, 0.15) is 5.75 Å². The van der Waals surface area contributed by atoms with Gasteiger partial charge >= 0.3 is 5.97 Å². The van der Waals surface area contributed by atoms with Gasteiger partial charge in [0, 0.05) is 33.7 Å². The SMILES string of the molecule is Cc1c(C)n(Cc2cc(Cl)cc(OC(C)C(=O)O)c2)c2ccc(C(=O)N[C@@H](C)c3cccc(C(C)C)c3)cc12. The molecule has 0 saturated heterocycles. The maximum atomic E-state index is 13.2. The Kier molecular flexibility index (Phi) is 8.36. The van der Waals surface area contributed by atoms with Gasteiger partial charge in [0.25, 0.3) is 5.91 Å². The van der Waals surface area contributed by atoms with Crippen molar-refractivity contribution in [3.63, 3.8) is 0 Å². The normalized spacial score (nSPS) is 12.9. The molecule has 204 valence electrons. The minimum Gasteiger partial charge on any atom is -0.479 e. The highest BCUT2D eigenvalue weighted by Crippen LogP contribution is 2.30. The molecule has 6 nitrogen and oxygen atoms in total. The van der Waals surface area contributed by atoms with Crippen molar-refractivity contribution in [1.82, 2.24) is 9.88 Å². The van der Waals surface area contributed by atoms with Gasteiger partial charge in [0.2, 0.25) is 0 Å². The average molecular weight is 547 g/mol. The number of amides is 1. The van der Waals surface area contributed by atoms with Gasteiger partial charge in [-0.3, -0.25) is 4.79 Å². The van der Waals surface area contributed by atoms with E-state index in [1.54, 1.807) is 6.07 Å². The summed E-state index contributed by atoms with van der Waals surface area (Å²) in [4.78, 5) is 24.4. The highest BCUT2D eigenvalue weighted by atomic mass is 35.5. The minimum absolute atomic E-state index is 0.117. The van der Waals surface area contributed by atoms with E-state index in [9.17, 15) is 14.7 Å². The smallest absolute Gasteiger partial charge is 0.344 e. The van der Waals surface area contributed by atoms with Crippen molar-refractivity contribution in [2.24, 2.45) is 0 Å². The Hall–Kier alpha value is -3.77. The predicted octanol–water partition coefficient (Wildman–Crippen LogP) is 7.43. The number of nitrogens with one attached hydrogen (secondary N) is 1. The summed E-state index contributed by atoms with van der Waals surface area (Å²) < 4.78 is 7.71. The average Bonchev–Trinajstić information content (AvgIpc) is 3.12. The molecule has 4 aromatic rings. The number of rotatable bonds is 9. The third-order valence-corrected chi connectivity index (χ3v) is 7.48. The van der Waals surface area contributed by atoms with Crippen LogP contribution in [0, 0.1) is 13.8 Å². The molecule has 0 aliphatic carbocycles. The quantitative estimate of drug-likeness (QED) is 0.229. The van der Waals surface area contributed by atoms with Gasteiger partial charge in [-0.25, -0.2) is 4.79 Å². The van der Waals surface area contributed by atoms with E-state index in [1.165, 1.54) is 12.5 Å². The Bertz CT molecular complexity index is 1540. The molecule has 3 aromatic carbocycles. The fourth-order valence-electron chi connectivity index (χ4n) is 4.76. The van der Waals surface area contributed by atoms with E-state index in [1.807, 2.05) is 56.3 Å². The second kappa shape index (κ2) is 11.5. The molecule has 1 amide bonds. The van der Waals surface area contributed by atoms with Crippen LogP contribution in [0.1, 0.15) is 78.0 Å². The highest BCUT2D eigenvalue weighted by molar-refractivity contribution is 6.30. The molecule has 0 saturated carbocycles. The third-order valence-electron chi connectivity index (χ3n) is 7.26. The van der Waals surface area contributed by atoms with E-state index in [2.05, 4.69) is 42.8 Å². The lowest BCUT2D eigenvalue weighted by Gasteiger charge is -2.17. The summed E-state index contributed by atoms with van der Waals surface area (Å²) in [6.07, 6.45) is -0.987. The monoisotopic (exact) mass is 546 g/mol. The van der Waals surface area contributed by atoms with Crippen molar-refractivity contribution in [2.45, 2.75) is 66.2 Å². The van der Waals surface area contributed by atoms with E-state index < -0.39 is 12.1 Å². The van der Waals surface area contributed by atoms with Gasteiger partial charge < -0.3 is 19.7 Å². The lowest BCUT2D eigenvalue weighted by atomic mass is 9.98. The fourth-order valence-corrected chi connectivity index (χ4v) is 5.01. The molecule has 0 radical (unpaired) electrons. The molecule has 1 unspecified atom stereocenters. The summed E-state index contributed by atoms with van der Waals surface area (Å²) in [6, 6.07) is 19.3. The zero-order valence-corrected chi connectivity index (χ0v) is 24.0. The van der Waals surface area contributed by atoms with Crippen LogP contribution in [-0.4, -0.2) is 27.7 Å². The number of benzene rings is 3. The summed E-state index contributed by atoms with van der Waals surface area (Å²) in [5.41, 5.74) is 6.98. The summed E-state index contributed by atoms with van der Waals surface area (Å²) in [5.74, 6) is -0.332. The molecule has 0 aliphatic rings. The molecule has 0 aliphatic heterocycles. The topological polar surface area (TPSA) is 80.6 Å². The Balaban J connectivity index is 1.58. The van der Waals surface area contributed by atoms with Crippen LogP contribution in [0.2, 0.25) is 5.02 Å². The van der Waals surface area contributed by atoms with E-state index >= 15 is 0 Å². The van der Waals surface area contributed by atoms with Crippen LogP contribution in [0.25, 0.3) is 10.9 Å². The number of carbonyl (C=O) groups is 2. The molecule has 0 spiro atoms. The lowest BCUT2D eigenvalue weighted by Crippen LogP contribution is -2.26. The van der Waals surface area contributed by atoms with Crippen molar-refractivity contribution < 1.29 is 19.4 Å². The van der Waals surface area contributed by atoms with E-state index in [4.69, 9.17) is 16.3 Å². The standard InChI is InChI=1S/C32H35ClN2O4/c1-18(2)24-8-7-9-25(14-24)20(4)34-31(36)26-10-11-30-29(15-26)19(3)21(5)35(30)17-23-12-27(33)16-28(13-23)39-22(6)32(37)38/h7-16,18,20,22H,17H2,1-6H3,(H,34,36)(H,37,38)/t20-,22?/m0/s1. The Labute approximate surface area is 234 Å². The minimum atomic E-state index is -1.04. The summed E-state index contributed by atoms with van der Waals surface area (Å²) in [6.45, 7) is 12.4. The molecule has 0 fully saturated rings. The molecule has 1 aromatic heterocycles. The largest absolute Gasteiger partial charge is 0.479 e. The van der Waals surface area contributed by atoms with Crippen molar-refractivity contribution in [1.29, 1.82) is 0 Å². The van der Waals surface area contributed by atoms with Gasteiger partial charge in [-0.05, 0) is 92.3 Å². The van der Waals surface area contributed by atoms with Crippen LogP contribution in [-0.2, 0) is 11.3 Å². The van der Waals surface area contributed by atoms with Crippen molar-refractivity contribution in [2.75, 3.05) is 0 Å². The van der Waals surface area contributed by atoms with Crippen LogP contribution >= 0.6 is 11.6 Å². The molecule has 0 bridgehead atoms. The van der Waals surface area contributed by atoms with Gasteiger partial charge in [0.15, 0.2) is 6.10 Å². The van der Waals surface area contributed by atoms with Crippen molar-refractivity contribution in [3.05, 3.63) is 99.2 Å². The number of nitrogens with zero attached hydrogens (tertiary/aromatic N) is 1. The van der Waals surface area contributed by atoms with Crippen molar-refractivity contribution >= 4 is 34.4 Å². The first kappa shape index (κ1) is 28.2. The van der Waals surface area contributed by atoms with Crippen LogP contribution in [0.4, 0.5) is 0 Å². The summed E-state index contributed by atoms with van der Waals surface area (Å²) in [7, 11) is 0. The molecular weight excluding hydrogens is 512 g/mol. The lowest BCUT2D eigenvalue weighted by molar-refractivity contribution is -0.144. The number of carboxylic acids is 1. The molecular formula is C32H35ClN2O4.